The molecule has 1 N–H and O–H groups in total. The fraction of sp³-hybridized carbons (Fsp3) is 0.100. The van der Waals surface area contributed by atoms with Crippen molar-refractivity contribution in [3.05, 3.63) is 72.3 Å². The summed E-state index contributed by atoms with van der Waals surface area (Å²) in [5.74, 6) is 0.747. The molecule has 0 fully saturated rings. The third-order valence-corrected chi connectivity index (χ3v) is 3.60. The highest BCUT2D eigenvalue weighted by atomic mass is 16.5. The van der Waals surface area contributed by atoms with Gasteiger partial charge in [0.05, 0.1) is 13.3 Å². The molecule has 25 heavy (non-hydrogen) atoms. The number of hydrogen-bond acceptors (Lipinski definition) is 4. The van der Waals surface area contributed by atoms with E-state index in [4.69, 9.17) is 9.47 Å². The Kier molecular flexibility index (Phi) is 5.26. The van der Waals surface area contributed by atoms with Gasteiger partial charge in [0.2, 0.25) is 0 Å². The van der Waals surface area contributed by atoms with Crippen molar-refractivity contribution in [2.45, 2.75) is 0 Å². The molecule has 0 saturated carbocycles. The SMILES string of the molecule is COc1ccccc1OCC(=O)N/N=C\c1ccc2ccccc2c1. The van der Waals surface area contributed by atoms with E-state index in [2.05, 4.69) is 10.5 Å². The fourth-order valence-corrected chi connectivity index (χ4v) is 2.38. The van der Waals surface area contributed by atoms with Gasteiger partial charge < -0.3 is 9.47 Å². The highest BCUT2D eigenvalue weighted by molar-refractivity contribution is 5.90. The zero-order valence-electron chi connectivity index (χ0n) is 13.8. The molecule has 5 heteroatoms. The van der Waals surface area contributed by atoms with Crippen molar-refractivity contribution < 1.29 is 14.3 Å². The molecule has 0 aromatic heterocycles. The first-order chi connectivity index (χ1) is 12.3. The minimum Gasteiger partial charge on any atom is -0.493 e. The summed E-state index contributed by atoms with van der Waals surface area (Å²) in [4.78, 5) is 11.8. The predicted octanol–water partition coefficient (Wildman–Crippen LogP) is 3.38. The second kappa shape index (κ2) is 7.97. The molecule has 3 aromatic rings. The Morgan fingerprint density at radius 1 is 1.00 bits per heavy atom. The van der Waals surface area contributed by atoms with Gasteiger partial charge in [-0.15, -0.1) is 0 Å². The van der Waals surface area contributed by atoms with Gasteiger partial charge in [0.1, 0.15) is 0 Å². The minimum absolute atomic E-state index is 0.143. The highest BCUT2D eigenvalue weighted by Crippen LogP contribution is 2.25. The van der Waals surface area contributed by atoms with Crippen LogP contribution in [0.2, 0.25) is 0 Å². The summed E-state index contributed by atoms with van der Waals surface area (Å²) in [6.07, 6.45) is 1.60. The Morgan fingerprint density at radius 3 is 2.52 bits per heavy atom. The van der Waals surface area contributed by atoms with Crippen LogP contribution in [0.25, 0.3) is 10.8 Å². The molecule has 0 unspecified atom stereocenters. The van der Waals surface area contributed by atoms with Crippen LogP contribution in [-0.4, -0.2) is 25.8 Å². The van der Waals surface area contributed by atoms with E-state index < -0.39 is 0 Å². The van der Waals surface area contributed by atoms with E-state index in [1.165, 1.54) is 0 Å². The number of benzene rings is 3. The van der Waals surface area contributed by atoms with E-state index in [0.717, 1.165) is 16.3 Å². The number of nitrogens with one attached hydrogen (secondary N) is 1. The largest absolute Gasteiger partial charge is 0.493 e. The molecule has 126 valence electrons. The number of para-hydroxylation sites is 2. The summed E-state index contributed by atoms with van der Waals surface area (Å²) < 4.78 is 10.6. The first-order valence-electron chi connectivity index (χ1n) is 7.83. The lowest BCUT2D eigenvalue weighted by Crippen LogP contribution is -2.24. The first kappa shape index (κ1) is 16.5. The van der Waals surface area contributed by atoms with E-state index >= 15 is 0 Å². The number of fused-ring (bicyclic) bond motifs is 1. The zero-order valence-corrected chi connectivity index (χ0v) is 13.8. The van der Waals surface area contributed by atoms with Crippen LogP contribution in [0, 0.1) is 0 Å². The van der Waals surface area contributed by atoms with Crippen LogP contribution in [0.4, 0.5) is 0 Å². The maximum Gasteiger partial charge on any atom is 0.277 e. The van der Waals surface area contributed by atoms with Gasteiger partial charge in [0.25, 0.3) is 5.91 Å². The summed E-state index contributed by atoms with van der Waals surface area (Å²) in [6.45, 7) is -0.143. The van der Waals surface area contributed by atoms with Crippen LogP contribution in [0.1, 0.15) is 5.56 Å². The molecule has 0 aliphatic rings. The third-order valence-electron chi connectivity index (χ3n) is 3.60. The van der Waals surface area contributed by atoms with Crippen molar-refractivity contribution >= 4 is 22.9 Å². The molecule has 0 saturated heterocycles. The normalized spacial score (nSPS) is 10.8. The maximum atomic E-state index is 11.8. The summed E-state index contributed by atoms with van der Waals surface area (Å²) >= 11 is 0. The molecule has 0 heterocycles. The lowest BCUT2D eigenvalue weighted by Gasteiger charge is -2.09. The Bertz CT molecular complexity index is 906. The summed E-state index contributed by atoms with van der Waals surface area (Å²) in [5, 5.41) is 6.25. The van der Waals surface area contributed by atoms with Gasteiger partial charge in [-0.05, 0) is 34.5 Å². The molecule has 0 spiro atoms. The Morgan fingerprint density at radius 2 is 1.72 bits per heavy atom. The molecule has 0 radical (unpaired) electrons. The lowest BCUT2D eigenvalue weighted by molar-refractivity contribution is -0.123. The van der Waals surface area contributed by atoms with Crippen LogP contribution in [0.3, 0.4) is 0 Å². The van der Waals surface area contributed by atoms with Crippen molar-refractivity contribution in [1.82, 2.24) is 5.43 Å². The van der Waals surface area contributed by atoms with Crippen LogP contribution < -0.4 is 14.9 Å². The summed E-state index contributed by atoms with van der Waals surface area (Å²) in [7, 11) is 1.55. The Hall–Kier alpha value is -3.34. The second-order valence-electron chi connectivity index (χ2n) is 5.34. The number of hydrogen-bond donors (Lipinski definition) is 1. The van der Waals surface area contributed by atoms with E-state index in [1.54, 1.807) is 25.5 Å². The van der Waals surface area contributed by atoms with E-state index in [9.17, 15) is 4.79 Å². The molecule has 5 nitrogen and oxygen atoms in total. The predicted molar refractivity (Wildman–Crippen MR) is 98.2 cm³/mol. The summed E-state index contributed by atoms with van der Waals surface area (Å²) in [6, 6.07) is 21.2. The number of amides is 1. The lowest BCUT2D eigenvalue weighted by atomic mass is 10.1. The molecule has 0 atom stereocenters. The van der Waals surface area contributed by atoms with Gasteiger partial charge in [-0.2, -0.15) is 5.10 Å². The Balaban J connectivity index is 1.55. The van der Waals surface area contributed by atoms with Crippen molar-refractivity contribution in [3.63, 3.8) is 0 Å². The van der Waals surface area contributed by atoms with Crippen molar-refractivity contribution in [2.24, 2.45) is 5.10 Å². The monoisotopic (exact) mass is 334 g/mol. The van der Waals surface area contributed by atoms with Crippen molar-refractivity contribution in [2.75, 3.05) is 13.7 Å². The average molecular weight is 334 g/mol. The van der Waals surface area contributed by atoms with E-state index in [0.29, 0.717) is 11.5 Å². The van der Waals surface area contributed by atoms with Crippen LogP contribution in [0.5, 0.6) is 11.5 Å². The molecule has 1 amide bonds. The number of nitrogens with zero attached hydrogens (tertiary/aromatic N) is 1. The van der Waals surface area contributed by atoms with Crippen LogP contribution in [0.15, 0.2) is 71.8 Å². The smallest absolute Gasteiger partial charge is 0.277 e. The minimum atomic E-state index is -0.344. The molecule has 0 bridgehead atoms. The number of rotatable bonds is 6. The number of hydrazone groups is 1. The van der Waals surface area contributed by atoms with Gasteiger partial charge in [-0.1, -0.05) is 48.5 Å². The quantitative estimate of drug-likeness (QED) is 0.555. The standard InChI is InChI=1S/C20H18N2O3/c1-24-18-8-4-5-9-19(18)25-14-20(23)22-21-13-15-10-11-16-6-2-3-7-17(16)12-15/h2-13H,14H2,1H3,(H,22,23)/b21-13-. The fourth-order valence-electron chi connectivity index (χ4n) is 2.38. The average Bonchev–Trinajstić information content (AvgIpc) is 2.66. The van der Waals surface area contributed by atoms with Gasteiger partial charge in [0.15, 0.2) is 18.1 Å². The molecule has 3 aromatic carbocycles. The van der Waals surface area contributed by atoms with Crippen molar-refractivity contribution in [3.8, 4) is 11.5 Å². The zero-order chi connectivity index (χ0) is 17.5. The van der Waals surface area contributed by atoms with E-state index in [1.807, 2.05) is 54.6 Å². The van der Waals surface area contributed by atoms with Gasteiger partial charge in [-0.25, -0.2) is 5.43 Å². The van der Waals surface area contributed by atoms with Gasteiger partial charge in [0, 0.05) is 0 Å². The molecular formula is C20H18N2O3. The molecule has 0 aliphatic heterocycles. The summed E-state index contributed by atoms with van der Waals surface area (Å²) in [5.41, 5.74) is 3.36. The molecular weight excluding hydrogens is 316 g/mol. The third kappa shape index (κ3) is 4.35. The topological polar surface area (TPSA) is 59.9 Å². The van der Waals surface area contributed by atoms with Gasteiger partial charge >= 0.3 is 0 Å². The van der Waals surface area contributed by atoms with E-state index in [-0.39, 0.29) is 12.5 Å². The maximum absolute atomic E-state index is 11.8. The van der Waals surface area contributed by atoms with Crippen LogP contribution >= 0.6 is 0 Å². The van der Waals surface area contributed by atoms with Crippen molar-refractivity contribution in [1.29, 1.82) is 0 Å². The second-order valence-corrected chi connectivity index (χ2v) is 5.34. The van der Waals surface area contributed by atoms with Gasteiger partial charge in [-0.3, -0.25) is 4.79 Å². The number of methoxy groups -OCH3 is 1. The number of carbonyl (C=O) groups is 1. The number of ether oxygens (including phenoxy) is 2. The Labute approximate surface area is 145 Å². The molecule has 3 rings (SSSR count). The number of carbonyl (C=O) groups excluding carboxylic acids is 1. The highest BCUT2D eigenvalue weighted by Gasteiger charge is 2.05. The van der Waals surface area contributed by atoms with Crippen LogP contribution in [-0.2, 0) is 4.79 Å². The molecule has 0 aliphatic carbocycles. The first-order valence-corrected chi connectivity index (χ1v) is 7.83.